The van der Waals surface area contributed by atoms with Crippen molar-refractivity contribution in [2.75, 3.05) is 5.32 Å². The van der Waals surface area contributed by atoms with E-state index in [-0.39, 0.29) is 0 Å². The minimum absolute atomic E-state index is 0.384. The van der Waals surface area contributed by atoms with E-state index in [1.165, 1.54) is 6.42 Å². The predicted octanol–water partition coefficient (Wildman–Crippen LogP) is 5.42. The average Bonchev–Trinajstić information content (AvgIpc) is 3.44. The van der Waals surface area contributed by atoms with Gasteiger partial charge in [0, 0.05) is 23.7 Å². The van der Waals surface area contributed by atoms with Gasteiger partial charge in [-0.15, -0.1) is 0 Å². The standard InChI is InChI=1S/C28H28N2OS/c31-28(23-11-5-2-6-12-23,19-20-9-3-1-4-10-20)24-13-7-8-14-25(24)29-27(32)30-26-18-21-15-16-22(26)17-21/h1-16,21-22,26,31H,17-19H2,(H2,29,30,32). The Morgan fingerprint density at radius 1 is 0.875 bits per heavy atom. The fraction of sp³-hybridized carbons (Fsp3) is 0.250. The molecule has 3 nitrogen and oxygen atoms in total. The van der Waals surface area contributed by atoms with Crippen molar-refractivity contribution in [3.05, 3.63) is 114 Å². The minimum atomic E-state index is -1.20. The zero-order valence-corrected chi connectivity index (χ0v) is 18.8. The van der Waals surface area contributed by atoms with Crippen LogP contribution >= 0.6 is 12.2 Å². The Balaban J connectivity index is 1.44. The third kappa shape index (κ3) is 4.21. The van der Waals surface area contributed by atoms with Gasteiger partial charge in [-0.1, -0.05) is 91.0 Å². The third-order valence-corrected chi connectivity index (χ3v) is 6.99. The molecule has 3 aromatic carbocycles. The Kier molecular flexibility index (Phi) is 5.81. The van der Waals surface area contributed by atoms with E-state index in [0.29, 0.717) is 29.4 Å². The highest BCUT2D eigenvalue weighted by Crippen LogP contribution is 2.40. The van der Waals surface area contributed by atoms with Crippen molar-refractivity contribution in [1.82, 2.24) is 5.32 Å². The molecule has 0 aromatic heterocycles. The number of aliphatic hydroxyl groups is 1. The van der Waals surface area contributed by atoms with Crippen molar-refractivity contribution in [3.8, 4) is 0 Å². The van der Waals surface area contributed by atoms with Crippen LogP contribution in [0.3, 0.4) is 0 Å². The molecule has 0 amide bonds. The molecule has 4 atom stereocenters. The molecule has 162 valence electrons. The Morgan fingerprint density at radius 2 is 1.56 bits per heavy atom. The van der Waals surface area contributed by atoms with Crippen LogP contribution in [0.5, 0.6) is 0 Å². The summed E-state index contributed by atoms with van der Waals surface area (Å²) in [6.07, 6.45) is 7.47. The van der Waals surface area contributed by atoms with Crippen molar-refractivity contribution in [2.24, 2.45) is 11.8 Å². The number of allylic oxidation sites excluding steroid dienone is 1. The van der Waals surface area contributed by atoms with Gasteiger partial charge in [-0.2, -0.15) is 0 Å². The summed E-state index contributed by atoms with van der Waals surface area (Å²) in [4.78, 5) is 0. The van der Waals surface area contributed by atoms with Gasteiger partial charge in [0.05, 0.1) is 0 Å². The maximum Gasteiger partial charge on any atom is 0.171 e. The maximum absolute atomic E-state index is 12.2. The molecule has 2 aliphatic carbocycles. The summed E-state index contributed by atoms with van der Waals surface area (Å²) in [5.74, 6) is 1.25. The SMILES string of the molecule is OC(Cc1ccccc1)(c1ccccc1)c1ccccc1NC(=S)NC1CC2C=CC1C2. The van der Waals surface area contributed by atoms with Gasteiger partial charge in [0.1, 0.15) is 5.60 Å². The second-order valence-corrected chi connectivity index (χ2v) is 9.33. The Morgan fingerprint density at radius 3 is 2.25 bits per heavy atom. The number of fused-ring (bicyclic) bond motifs is 2. The number of rotatable bonds is 6. The molecule has 0 radical (unpaired) electrons. The second-order valence-electron chi connectivity index (χ2n) is 8.92. The highest BCUT2D eigenvalue weighted by atomic mass is 32.1. The smallest absolute Gasteiger partial charge is 0.171 e. The first-order valence-electron chi connectivity index (χ1n) is 11.3. The minimum Gasteiger partial charge on any atom is -0.380 e. The van der Waals surface area contributed by atoms with Crippen LogP contribution in [0, 0.1) is 11.8 Å². The number of thiocarbonyl (C=S) groups is 1. The van der Waals surface area contributed by atoms with Crippen LogP contribution < -0.4 is 10.6 Å². The van der Waals surface area contributed by atoms with E-state index >= 15 is 0 Å². The first-order valence-corrected chi connectivity index (χ1v) is 11.7. The highest BCUT2D eigenvalue weighted by Gasteiger charge is 2.37. The molecule has 2 bridgehead atoms. The zero-order valence-electron chi connectivity index (χ0n) is 17.9. The van der Waals surface area contributed by atoms with Crippen LogP contribution in [0.2, 0.25) is 0 Å². The Hall–Kier alpha value is -2.95. The lowest BCUT2D eigenvalue weighted by Gasteiger charge is -2.32. The topological polar surface area (TPSA) is 44.3 Å². The molecule has 2 aliphatic rings. The van der Waals surface area contributed by atoms with Gasteiger partial charge in [0.2, 0.25) is 0 Å². The molecule has 0 heterocycles. The van der Waals surface area contributed by atoms with Crippen LogP contribution in [0.15, 0.2) is 97.1 Å². The van der Waals surface area contributed by atoms with E-state index in [1.54, 1.807) is 0 Å². The van der Waals surface area contributed by atoms with Gasteiger partial charge >= 0.3 is 0 Å². The van der Waals surface area contributed by atoms with Crippen molar-refractivity contribution < 1.29 is 5.11 Å². The number of hydrogen-bond acceptors (Lipinski definition) is 2. The summed E-state index contributed by atoms with van der Waals surface area (Å²) in [5, 5.41) is 19.7. The lowest BCUT2D eigenvalue weighted by molar-refractivity contribution is 0.0819. The van der Waals surface area contributed by atoms with Gasteiger partial charge in [-0.05, 0) is 54.1 Å². The van der Waals surface area contributed by atoms with Crippen LogP contribution in [-0.2, 0) is 12.0 Å². The molecule has 5 rings (SSSR count). The maximum atomic E-state index is 12.2. The number of benzene rings is 3. The van der Waals surface area contributed by atoms with E-state index in [0.717, 1.165) is 28.8 Å². The molecule has 1 fully saturated rings. The van der Waals surface area contributed by atoms with E-state index in [4.69, 9.17) is 12.2 Å². The highest BCUT2D eigenvalue weighted by molar-refractivity contribution is 7.80. The van der Waals surface area contributed by atoms with Crippen molar-refractivity contribution in [3.63, 3.8) is 0 Å². The number of hydrogen-bond donors (Lipinski definition) is 3. The summed E-state index contributed by atoms with van der Waals surface area (Å²) in [6, 6.07) is 28.3. The van der Waals surface area contributed by atoms with E-state index in [2.05, 4.69) is 34.9 Å². The summed E-state index contributed by atoms with van der Waals surface area (Å²) in [5.41, 5.74) is 2.37. The van der Waals surface area contributed by atoms with Crippen LogP contribution in [0.4, 0.5) is 5.69 Å². The van der Waals surface area contributed by atoms with Crippen molar-refractivity contribution in [2.45, 2.75) is 30.9 Å². The first-order chi connectivity index (χ1) is 15.6. The fourth-order valence-electron chi connectivity index (χ4n) is 5.18. The molecule has 4 heteroatoms. The lowest BCUT2D eigenvalue weighted by Crippen LogP contribution is -2.40. The predicted molar refractivity (Wildman–Crippen MR) is 135 cm³/mol. The third-order valence-electron chi connectivity index (χ3n) is 6.77. The molecule has 0 spiro atoms. The number of anilines is 1. The lowest BCUT2D eigenvalue weighted by atomic mass is 9.80. The first kappa shape index (κ1) is 20.9. The fourth-order valence-corrected chi connectivity index (χ4v) is 5.45. The van der Waals surface area contributed by atoms with Gasteiger partial charge in [-0.25, -0.2) is 0 Å². The molecule has 0 saturated heterocycles. The largest absolute Gasteiger partial charge is 0.380 e. The Bertz CT molecular complexity index is 1110. The Labute approximate surface area is 195 Å². The zero-order chi connectivity index (χ0) is 22.0. The van der Waals surface area contributed by atoms with Gasteiger partial charge in [0.25, 0.3) is 0 Å². The molecule has 32 heavy (non-hydrogen) atoms. The number of para-hydroxylation sites is 1. The van der Waals surface area contributed by atoms with Crippen molar-refractivity contribution >= 4 is 23.0 Å². The summed E-state index contributed by atoms with van der Waals surface area (Å²) >= 11 is 5.69. The molecule has 4 unspecified atom stereocenters. The van der Waals surface area contributed by atoms with E-state index < -0.39 is 5.60 Å². The molecule has 3 aromatic rings. The normalized spacial score (nSPS) is 23.0. The van der Waals surface area contributed by atoms with Crippen LogP contribution in [0.1, 0.15) is 29.5 Å². The quantitative estimate of drug-likeness (QED) is 0.354. The average molecular weight is 441 g/mol. The van der Waals surface area contributed by atoms with Crippen LogP contribution in [-0.4, -0.2) is 16.3 Å². The second kappa shape index (κ2) is 8.89. The number of nitrogens with one attached hydrogen (secondary N) is 2. The summed E-state index contributed by atoms with van der Waals surface area (Å²) in [7, 11) is 0. The summed E-state index contributed by atoms with van der Waals surface area (Å²) < 4.78 is 0. The molecule has 0 aliphatic heterocycles. The van der Waals surface area contributed by atoms with Gasteiger partial charge in [-0.3, -0.25) is 0 Å². The van der Waals surface area contributed by atoms with E-state index in [1.807, 2.05) is 72.8 Å². The van der Waals surface area contributed by atoms with Crippen molar-refractivity contribution in [1.29, 1.82) is 0 Å². The molecule has 1 saturated carbocycles. The van der Waals surface area contributed by atoms with Crippen LogP contribution in [0.25, 0.3) is 0 Å². The molecular formula is C28H28N2OS. The van der Waals surface area contributed by atoms with Gasteiger partial charge < -0.3 is 15.7 Å². The molecular weight excluding hydrogens is 412 g/mol. The van der Waals surface area contributed by atoms with E-state index in [9.17, 15) is 5.11 Å². The van der Waals surface area contributed by atoms with Gasteiger partial charge in [0.15, 0.2) is 5.11 Å². The summed E-state index contributed by atoms with van der Waals surface area (Å²) in [6.45, 7) is 0. The molecule has 3 N–H and O–H groups in total. The monoisotopic (exact) mass is 440 g/mol.